The third-order valence-electron chi connectivity index (χ3n) is 6.42. The zero-order valence-corrected chi connectivity index (χ0v) is 16.5. The minimum atomic E-state index is -1.88. The van der Waals surface area contributed by atoms with E-state index < -0.39 is 13.3 Å². The van der Waals surface area contributed by atoms with E-state index in [1.165, 1.54) is 31.9 Å². The molecule has 3 aliphatic heterocycles. The first-order valence-corrected chi connectivity index (χ1v) is 16.7. The van der Waals surface area contributed by atoms with Crippen LogP contribution < -0.4 is 0 Å². The topological polar surface area (TPSA) is 0 Å². The van der Waals surface area contributed by atoms with Crippen LogP contribution in [0.2, 0.25) is 29.9 Å². The van der Waals surface area contributed by atoms with E-state index in [2.05, 4.69) is 47.6 Å². The van der Waals surface area contributed by atoms with Gasteiger partial charge in [0, 0.05) is 0 Å². The van der Waals surface area contributed by atoms with Gasteiger partial charge in [-0.05, 0) is 0 Å². The van der Waals surface area contributed by atoms with Gasteiger partial charge in [0.25, 0.3) is 0 Å². The number of allylic oxidation sites excluding steroid dienone is 1. The Morgan fingerprint density at radius 1 is 0.955 bits per heavy atom. The summed E-state index contributed by atoms with van der Waals surface area (Å²) in [6.45, 7) is 0.935. The third kappa shape index (κ3) is 2.64. The quantitative estimate of drug-likeness (QED) is 0.590. The third-order valence-corrected chi connectivity index (χ3v) is 10.8. The van der Waals surface area contributed by atoms with Crippen LogP contribution in [0.25, 0.3) is 4.41 Å². The average molecular weight is 353 g/mol. The molecular formula is C20H29BGe. The van der Waals surface area contributed by atoms with Gasteiger partial charge in [-0.1, -0.05) is 0 Å². The van der Waals surface area contributed by atoms with Gasteiger partial charge in [-0.25, -0.2) is 0 Å². The van der Waals surface area contributed by atoms with E-state index in [9.17, 15) is 0 Å². The molecule has 116 valence electrons. The van der Waals surface area contributed by atoms with Crippen molar-refractivity contribution in [3.63, 3.8) is 0 Å². The first-order valence-electron chi connectivity index (χ1n) is 9.32. The molecule has 22 heavy (non-hydrogen) atoms. The Hall–Kier alpha value is -0.432. The molecule has 5 rings (SSSR count). The Morgan fingerprint density at radius 3 is 2.41 bits per heavy atom. The van der Waals surface area contributed by atoms with E-state index >= 15 is 0 Å². The second-order valence-electron chi connectivity index (χ2n) is 9.09. The van der Waals surface area contributed by atoms with Crippen molar-refractivity contribution in [1.82, 2.24) is 0 Å². The molecule has 4 fully saturated rings. The van der Waals surface area contributed by atoms with Gasteiger partial charge in [0.05, 0.1) is 0 Å². The van der Waals surface area contributed by atoms with Gasteiger partial charge in [-0.2, -0.15) is 0 Å². The molecule has 1 saturated carbocycles. The van der Waals surface area contributed by atoms with Crippen LogP contribution in [0.4, 0.5) is 0 Å². The van der Waals surface area contributed by atoms with E-state index in [0.29, 0.717) is 0 Å². The Labute approximate surface area is 139 Å². The average Bonchev–Trinajstić information content (AvgIpc) is 2.68. The molecule has 3 saturated heterocycles. The fourth-order valence-corrected chi connectivity index (χ4v) is 10.7. The van der Waals surface area contributed by atoms with Gasteiger partial charge in [0.15, 0.2) is 0 Å². The molecule has 0 aromatic heterocycles. The Morgan fingerprint density at radius 2 is 1.68 bits per heavy atom. The van der Waals surface area contributed by atoms with Crippen LogP contribution in [0.3, 0.4) is 0 Å². The molecule has 0 nitrogen and oxygen atoms in total. The molecule has 2 heteroatoms. The first kappa shape index (κ1) is 15.1. The number of fused-ring (bicyclic) bond motifs is 1. The van der Waals surface area contributed by atoms with Gasteiger partial charge in [0.1, 0.15) is 0 Å². The van der Waals surface area contributed by atoms with E-state index in [1.54, 1.807) is 12.0 Å². The molecule has 3 heterocycles. The second-order valence-corrected chi connectivity index (χ2v) is 19.6. The van der Waals surface area contributed by atoms with Crippen molar-refractivity contribution >= 4 is 24.4 Å². The van der Waals surface area contributed by atoms with Crippen LogP contribution in [0, 0.1) is 17.8 Å². The summed E-state index contributed by atoms with van der Waals surface area (Å²) >= 11 is -1.88. The minimum absolute atomic E-state index is 0.927. The Balaban J connectivity index is 1.88. The van der Waals surface area contributed by atoms with Crippen LogP contribution in [0.5, 0.6) is 0 Å². The van der Waals surface area contributed by atoms with Crippen molar-refractivity contribution in [3.05, 3.63) is 41.4 Å². The number of hydrogen-bond donors (Lipinski definition) is 0. The summed E-state index contributed by atoms with van der Waals surface area (Å²) in [6.07, 6.45) is 9.09. The van der Waals surface area contributed by atoms with Crippen LogP contribution in [0.1, 0.15) is 31.2 Å². The van der Waals surface area contributed by atoms with Crippen molar-refractivity contribution in [3.8, 4) is 0 Å². The van der Waals surface area contributed by atoms with E-state index in [1.807, 2.05) is 9.88 Å². The van der Waals surface area contributed by atoms with Gasteiger partial charge >= 0.3 is 139 Å². The molecule has 0 radical (unpaired) electrons. The zero-order valence-electron chi connectivity index (χ0n) is 14.4. The second kappa shape index (κ2) is 5.58. The first-order chi connectivity index (χ1) is 10.5. The summed E-state index contributed by atoms with van der Waals surface area (Å²) in [4.78, 5) is 0. The van der Waals surface area contributed by atoms with Gasteiger partial charge in [-0.15, -0.1) is 0 Å². The molecule has 4 aliphatic rings. The molecular weight excluding hydrogens is 324 g/mol. The summed E-state index contributed by atoms with van der Waals surface area (Å²) in [7, 11) is 0. The summed E-state index contributed by atoms with van der Waals surface area (Å²) in [6, 6.07) is 11.4. The molecule has 3 atom stereocenters. The summed E-state index contributed by atoms with van der Waals surface area (Å²) in [5.74, 6) is 10.9. The van der Waals surface area contributed by atoms with E-state index in [4.69, 9.17) is 0 Å². The standard InChI is InChI=1S/C20H29BGe/c1-22(2,3)20(17-7-5-4-6-8-17)19-18-10-9-15-11-16(12-18)14-21(19)13-15/h4-8,15-16,18H,9-14H2,1-3H3/b20-19-/t15-,16-,18+/m1/s1. The van der Waals surface area contributed by atoms with Crippen LogP contribution in [-0.2, 0) is 0 Å². The molecule has 0 amide bonds. The fourth-order valence-electron chi connectivity index (χ4n) is 5.87. The molecule has 1 aromatic carbocycles. The van der Waals surface area contributed by atoms with E-state index in [0.717, 1.165) is 24.5 Å². The van der Waals surface area contributed by atoms with Crippen molar-refractivity contribution in [2.75, 3.05) is 0 Å². The van der Waals surface area contributed by atoms with Crippen molar-refractivity contribution in [1.29, 1.82) is 0 Å². The van der Waals surface area contributed by atoms with Crippen LogP contribution in [-0.4, -0.2) is 20.0 Å². The molecule has 0 unspecified atom stereocenters. The molecule has 4 bridgehead atoms. The predicted octanol–water partition coefficient (Wildman–Crippen LogP) is 5.80. The normalized spacial score (nSPS) is 33.0. The molecule has 1 aliphatic carbocycles. The Kier molecular flexibility index (Phi) is 3.83. The maximum atomic E-state index is 2.61. The number of rotatable bonds is 2. The Bertz CT molecular complexity index is 573. The molecule has 0 spiro atoms. The molecule has 0 N–H and O–H groups in total. The van der Waals surface area contributed by atoms with Crippen LogP contribution >= 0.6 is 0 Å². The van der Waals surface area contributed by atoms with Gasteiger partial charge < -0.3 is 0 Å². The van der Waals surface area contributed by atoms with Crippen molar-refractivity contribution in [2.24, 2.45) is 17.8 Å². The number of benzene rings is 1. The maximum absolute atomic E-state index is 2.61. The zero-order chi connectivity index (χ0) is 15.3. The predicted molar refractivity (Wildman–Crippen MR) is 101 cm³/mol. The van der Waals surface area contributed by atoms with Gasteiger partial charge in [-0.3, -0.25) is 0 Å². The van der Waals surface area contributed by atoms with Gasteiger partial charge in [0.2, 0.25) is 0 Å². The number of hydrogen-bond acceptors (Lipinski definition) is 0. The van der Waals surface area contributed by atoms with Crippen molar-refractivity contribution in [2.45, 2.75) is 55.6 Å². The SMILES string of the molecule is [CH3][Ge]([CH3])([CH3])/[C](=C1\B2C[C@@H]3C[C@@H](CC[C@H]1C3)C2)c1ccccc1. The summed E-state index contributed by atoms with van der Waals surface area (Å²) in [5.41, 5.74) is 3.52. The fraction of sp³-hybridized carbons (Fsp3) is 0.600. The molecule has 1 aromatic rings. The monoisotopic (exact) mass is 354 g/mol. The van der Waals surface area contributed by atoms with E-state index in [-0.39, 0.29) is 0 Å². The summed E-state index contributed by atoms with van der Waals surface area (Å²) < 4.78 is 1.87. The summed E-state index contributed by atoms with van der Waals surface area (Å²) in [5, 5.41) is 0. The van der Waals surface area contributed by atoms with Crippen molar-refractivity contribution < 1.29 is 0 Å². The van der Waals surface area contributed by atoms with Crippen LogP contribution in [0.15, 0.2) is 35.8 Å².